The lowest BCUT2D eigenvalue weighted by Gasteiger charge is -2.40. The van der Waals surface area contributed by atoms with Crippen LogP contribution in [0.4, 0.5) is 0 Å². The molecule has 0 bridgehead atoms. The molecule has 0 aliphatic carbocycles. The number of carbonyl (C=O) groups excluding carboxylic acids is 7. The zero-order valence-corrected chi connectivity index (χ0v) is 29.4. The smallest absolute Gasteiger partial charge is 0.330 e. The summed E-state index contributed by atoms with van der Waals surface area (Å²) in [6.07, 6.45) is 2.16. The Bertz CT molecular complexity index is 1260. The lowest BCUT2D eigenvalue weighted by molar-refractivity contribution is -0.233. The zero-order valence-electron chi connectivity index (χ0n) is 29.4. The topological polar surface area (TPSA) is 184 Å². The summed E-state index contributed by atoms with van der Waals surface area (Å²) < 4.78 is 38.3. The Morgan fingerprint density at radius 3 is 1.73 bits per heavy atom. The molecule has 0 radical (unpaired) electrons. The van der Waals surface area contributed by atoms with Crippen molar-refractivity contribution in [1.29, 1.82) is 0 Å². The lowest BCUT2D eigenvalue weighted by atomic mass is 9.99. The SMILES string of the molecule is C=CC(=O)C#CCCCCC(=O)O[C@H]1C(COC(=O)CCCC)OC[C@@H](OC(=O)CCCCOC(=O)C=C)[C@@H]1OC(=O)CCCCOC(=O)C=C. The van der Waals surface area contributed by atoms with Crippen LogP contribution < -0.4 is 0 Å². The standard InChI is InChI=1S/C37H50O14/c1-5-9-19-32(41)48-25-28-36(50-34(43)20-13-11-10-12-18-27(38)6-2)37(51-35(44)22-15-17-24-46-31(40)8-4)29(26-47-28)49-33(42)21-14-16-23-45-30(39)7-3/h6-8,28-29,36-37H,2-5,9-11,13-17,19-26H2,1H3/t28?,29-,36+,37+/m1/s1. The van der Waals surface area contributed by atoms with Crippen LogP contribution in [0.2, 0.25) is 0 Å². The highest BCUT2D eigenvalue weighted by Crippen LogP contribution is 2.26. The Kier molecular flexibility index (Phi) is 23.4. The van der Waals surface area contributed by atoms with Crippen LogP contribution in [0, 0.1) is 11.8 Å². The molecule has 1 unspecified atom stereocenters. The molecule has 0 aromatic rings. The summed E-state index contributed by atoms with van der Waals surface area (Å²) in [5.41, 5.74) is 0. The van der Waals surface area contributed by atoms with Crippen LogP contribution in [0.3, 0.4) is 0 Å². The summed E-state index contributed by atoms with van der Waals surface area (Å²) >= 11 is 0. The Balaban J connectivity index is 3.10. The fourth-order valence-corrected chi connectivity index (χ4v) is 4.47. The molecule has 0 spiro atoms. The average molecular weight is 719 g/mol. The quantitative estimate of drug-likeness (QED) is 0.0330. The maximum atomic E-state index is 13.1. The molecule has 1 heterocycles. The molecule has 14 nitrogen and oxygen atoms in total. The van der Waals surface area contributed by atoms with Crippen molar-refractivity contribution in [2.75, 3.05) is 26.4 Å². The van der Waals surface area contributed by atoms with Gasteiger partial charge in [0.15, 0.2) is 18.3 Å². The Labute approximate surface area is 299 Å². The van der Waals surface area contributed by atoms with Gasteiger partial charge in [-0.1, -0.05) is 39.0 Å². The fourth-order valence-electron chi connectivity index (χ4n) is 4.47. The van der Waals surface area contributed by atoms with E-state index in [4.69, 9.17) is 33.2 Å². The third kappa shape index (κ3) is 20.5. The van der Waals surface area contributed by atoms with Crippen molar-refractivity contribution >= 4 is 41.6 Å². The molecule has 0 aromatic carbocycles. The minimum Gasteiger partial charge on any atom is -0.463 e. The first-order chi connectivity index (χ1) is 24.5. The van der Waals surface area contributed by atoms with E-state index in [0.717, 1.165) is 24.6 Å². The predicted molar refractivity (Wildman–Crippen MR) is 181 cm³/mol. The molecule has 0 N–H and O–H groups in total. The van der Waals surface area contributed by atoms with Crippen molar-refractivity contribution in [2.45, 2.75) is 115 Å². The second-order valence-electron chi connectivity index (χ2n) is 11.3. The molecule has 0 aromatic heterocycles. The van der Waals surface area contributed by atoms with Crippen LogP contribution in [0.15, 0.2) is 38.0 Å². The van der Waals surface area contributed by atoms with Crippen LogP contribution in [-0.2, 0) is 66.7 Å². The van der Waals surface area contributed by atoms with Gasteiger partial charge in [-0.05, 0) is 56.9 Å². The molecule has 4 atom stereocenters. The third-order valence-corrected chi connectivity index (χ3v) is 7.19. The van der Waals surface area contributed by atoms with E-state index in [0.29, 0.717) is 44.9 Å². The van der Waals surface area contributed by atoms with Crippen LogP contribution in [0.25, 0.3) is 0 Å². The van der Waals surface area contributed by atoms with Gasteiger partial charge < -0.3 is 33.2 Å². The highest BCUT2D eigenvalue weighted by Gasteiger charge is 2.48. The molecule has 282 valence electrons. The summed E-state index contributed by atoms with van der Waals surface area (Å²) in [4.78, 5) is 85.0. The number of unbranched alkanes of at least 4 members (excludes halogenated alkanes) is 5. The summed E-state index contributed by atoms with van der Waals surface area (Å²) in [6, 6.07) is 0. The van der Waals surface area contributed by atoms with Crippen LogP contribution in [0.5, 0.6) is 0 Å². The summed E-state index contributed by atoms with van der Waals surface area (Å²) in [5, 5.41) is 0. The maximum Gasteiger partial charge on any atom is 0.330 e. The van der Waals surface area contributed by atoms with E-state index in [-0.39, 0.29) is 58.5 Å². The lowest BCUT2D eigenvalue weighted by Crippen LogP contribution is -2.59. The Morgan fingerprint density at radius 2 is 1.18 bits per heavy atom. The van der Waals surface area contributed by atoms with Crippen molar-refractivity contribution in [3.05, 3.63) is 38.0 Å². The van der Waals surface area contributed by atoms with Crippen molar-refractivity contribution < 1.29 is 66.7 Å². The summed E-state index contributed by atoms with van der Waals surface area (Å²) in [7, 11) is 0. The molecule has 1 aliphatic heterocycles. The molecule has 1 aliphatic rings. The van der Waals surface area contributed by atoms with Crippen molar-refractivity contribution in [3.8, 4) is 11.8 Å². The van der Waals surface area contributed by atoms with Crippen LogP contribution in [-0.4, -0.2) is 92.4 Å². The largest absolute Gasteiger partial charge is 0.463 e. The van der Waals surface area contributed by atoms with Gasteiger partial charge in [0.2, 0.25) is 5.78 Å². The van der Waals surface area contributed by atoms with Crippen LogP contribution >= 0.6 is 0 Å². The van der Waals surface area contributed by atoms with E-state index in [1.807, 2.05) is 6.92 Å². The molecule has 51 heavy (non-hydrogen) atoms. The van der Waals surface area contributed by atoms with E-state index in [9.17, 15) is 33.6 Å². The first kappa shape index (κ1) is 44.3. The Morgan fingerprint density at radius 1 is 0.647 bits per heavy atom. The molecular weight excluding hydrogens is 668 g/mol. The molecule has 0 saturated carbocycles. The molecule has 1 rings (SSSR count). The molecule has 0 amide bonds. The van der Waals surface area contributed by atoms with E-state index in [1.165, 1.54) is 0 Å². The third-order valence-electron chi connectivity index (χ3n) is 7.19. The second-order valence-corrected chi connectivity index (χ2v) is 11.3. The molecule has 1 fully saturated rings. The highest BCUT2D eigenvalue weighted by atomic mass is 16.7. The van der Waals surface area contributed by atoms with Gasteiger partial charge in [-0.15, -0.1) is 0 Å². The zero-order chi connectivity index (χ0) is 37.9. The van der Waals surface area contributed by atoms with E-state index >= 15 is 0 Å². The van der Waals surface area contributed by atoms with E-state index in [1.54, 1.807) is 0 Å². The van der Waals surface area contributed by atoms with Gasteiger partial charge in [0.1, 0.15) is 12.7 Å². The number of allylic oxidation sites excluding steroid dienone is 1. The van der Waals surface area contributed by atoms with Crippen molar-refractivity contribution in [2.24, 2.45) is 0 Å². The van der Waals surface area contributed by atoms with Gasteiger partial charge >= 0.3 is 35.8 Å². The van der Waals surface area contributed by atoms with Gasteiger partial charge in [0, 0.05) is 44.3 Å². The number of rotatable bonds is 25. The predicted octanol–water partition coefficient (Wildman–Crippen LogP) is 3.97. The normalized spacial score (nSPS) is 17.7. The first-order valence-electron chi connectivity index (χ1n) is 17.1. The number of ether oxygens (including phenoxy) is 7. The van der Waals surface area contributed by atoms with E-state index < -0.39 is 66.0 Å². The summed E-state index contributed by atoms with van der Waals surface area (Å²) in [5.74, 6) is 1.01. The van der Waals surface area contributed by atoms with Crippen molar-refractivity contribution in [3.63, 3.8) is 0 Å². The average Bonchev–Trinajstić information content (AvgIpc) is 3.12. The fraction of sp³-hybridized carbons (Fsp3) is 0.595. The maximum absolute atomic E-state index is 13.1. The van der Waals surface area contributed by atoms with Gasteiger partial charge in [-0.2, -0.15) is 0 Å². The van der Waals surface area contributed by atoms with Gasteiger partial charge in [-0.3, -0.25) is 24.0 Å². The van der Waals surface area contributed by atoms with Gasteiger partial charge in [-0.25, -0.2) is 9.59 Å². The monoisotopic (exact) mass is 718 g/mol. The molecular formula is C37H50O14. The number of hydrogen-bond donors (Lipinski definition) is 0. The minimum atomic E-state index is -1.32. The first-order valence-corrected chi connectivity index (χ1v) is 17.1. The number of carbonyl (C=O) groups is 7. The van der Waals surface area contributed by atoms with Crippen molar-refractivity contribution in [1.82, 2.24) is 0 Å². The minimum absolute atomic E-state index is 0.0540. The van der Waals surface area contributed by atoms with E-state index in [2.05, 4.69) is 31.6 Å². The molecule has 14 heteroatoms. The van der Waals surface area contributed by atoms with Crippen LogP contribution in [0.1, 0.15) is 90.4 Å². The summed E-state index contributed by atoms with van der Waals surface area (Å²) in [6.45, 7) is 11.5. The van der Waals surface area contributed by atoms with Gasteiger partial charge in [0.25, 0.3) is 0 Å². The molecule has 1 saturated heterocycles. The number of esters is 6. The number of ketones is 1. The highest BCUT2D eigenvalue weighted by molar-refractivity contribution is 6.03. The number of hydrogen-bond acceptors (Lipinski definition) is 14. The Hall–Kier alpha value is -4.77. The van der Waals surface area contributed by atoms with Gasteiger partial charge in [0.05, 0.1) is 19.8 Å². The second kappa shape index (κ2) is 27.0.